The van der Waals surface area contributed by atoms with E-state index in [0.29, 0.717) is 0 Å². The van der Waals surface area contributed by atoms with E-state index in [2.05, 4.69) is 35.8 Å². The Morgan fingerprint density at radius 3 is 1.43 bits per heavy atom. The molecule has 0 saturated heterocycles. The van der Waals surface area contributed by atoms with Crippen molar-refractivity contribution < 1.29 is 4.57 Å². The van der Waals surface area contributed by atoms with E-state index in [4.69, 9.17) is 0 Å². The van der Waals surface area contributed by atoms with Crippen molar-refractivity contribution in [2.75, 3.05) is 0 Å². The standard InChI is InChI=1S/C26H19OP/c27-28(25-12-6-2-7-13-25,26-14-8-3-9-15-26)21-20-22-16-18-24(19-17-22)23-10-4-1-5-11-23/h1-19H. The van der Waals surface area contributed by atoms with Crippen LogP contribution in [0.25, 0.3) is 11.1 Å². The molecule has 4 rings (SSSR count). The van der Waals surface area contributed by atoms with Crippen LogP contribution in [0.5, 0.6) is 0 Å². The molecule has 0 radical (unpaired) electrons. The van der Waals surface area contributed by atoms with Crippen molar-refractivity contribution in [3.63, 3.8) is 0 Å². The SMILES string of the molecule is O=P(C#Cc1ccc(-c2ccccc2)cc1)(c1ccccc1)c1ccccc1. The first-order chi connectivity index (χ1) is 13.8. The minimum absolute atomic E-state index is 0.759. The summed E-state index contributed by atoms with van der Waals surface area (Å²) in [6, 6.07) is 37.3. The Balaban J connectivity index is 1.71. The third-order valence-electron chi connectivity index (χ3n) is 4.59. The zero-order chi connectivity index (χ0) is 19.2. The molecule has 0 aromatic heterocycles. The summed E-state index contributed by atoms with van der Waals surface area (Å²) in [7, 11) is -3.02. The van der Waals surface area contributed by atoms with E-state index in [1.165, 1.54) is 5.56 Å². The molecule has 0 heterocycles. The van der Waals surface area contributed by atoms with Crippen molar-refractivity contribution in [3.05, 3.63) is 121 Å². The van der Waals surface area contributed by atoms with Gasteiger partial charge >= 0.3 is 0 Å². The molecule has 4 aromatic rings. The molecule has 1 nitrogen and oxygen atoms in total. The average molecular weight is 378 g/mol. The van der Waals surface area contributed by atoms with Gasteiger partial charge in [-0.05, 0) is 28.9 Å². The van der Waals surface area contributed by atoms with Crippen LogP contribution in [0.2, 0.25) is 0 Å². The zero-order valence-electron chi connectivity index (χ0n) is 15.3. The molecule has 28 heavy (non-hydrogen) atoms. The highest BCUT2D eigenvalue weighted by atomic mass is 31.2. The van der Waals surface area contributed by atoms with Crippen molar-refractivity contribution in [1.82, 2.24) is 0 Å². The maximum Gasteiger partial charge on any atom is 0.211 e. The van der Waals surface area contributed by atoms with E-state index in [0.717, 1.165) is 21.7 Å². The molecule has 0 aliphatic heterocycles. The molecular formula is C26H19OP. The summed E-state index contributed by atoms with van der Waals surface area (Å²) in [4.78, 5) is 0. The van der Waals surface area contributed by atoms with E-state index < -0.39 is 7.14 Å². The predicted octanol–water partition coefficient (Wildman–Crippen LogP) is 5.68. The van der Waals surface area contributed by atoms with Crippen LogP contribution in [-0.4, -0.2) is 0 Å². The summed E-state index contributed by atoms with van der Waals surface area (Å²) in [5.74, 6) is 3.15. The van der Waals surface area contributed by atoms with Gasteiger partial charge in [0.15, 0.2) is 0 Å². The van der Waals surface area contributed by atoms with Gasteiger partial charge in [0.05, 0.1) is 0 Å². The third kappa shape index (κ3) is 3.84. The second-order valence-corrected chi connectivity index (χ2v) is 8.94. The predicted molar refractivity (Wildman–Crippen MR) is 119 cm³/mol. The molecule has 0 spiro atoms. The van der Waals surface area contributed by atoms with Crippen molar-refractivity contribution in [1.29, 1.82) is 0 Å². The normalized spacial score (nSPS) is 10.7. The minimum atomic E-state index is -3.02. The molecule has 4 aromatic carbocycles. The molecule has 0 fully saturated rings. The van der Waals surface area contributed by atoms with Crippen LogP contribution in [0.3, 0.4) is 0 Å². The van der Waals surface area contributed by atoms with Gasteiger partial charge in [-0.1, -0.05) is 109 Å². The molecule has 0 amide bonds. The first-order valence-corrected chi connectivity index (χ1v) is 10.9. The van der Waals surface area contributed by atoms with Crippen molar-refractivity contribution in [2.45, 2.75) is 0 Å². The van der Waals surface area contributed by atoms with Gasteiger partial charge in [0.1, 0.15) is 0 Å². The van der Waals surface area contributed by atoms with E-state index >= 15 is 0 Å². The lowest BCUT2D eigenvalue weighted by atomic mass is 10.0. The summed E-state index contributed by atoms with van der Waals surface area (Å²) in [6.07, 6.45) is 0. The lowest BCUT2D eigenvalue weighted by Gasteiger charge is -2.12. The second kappa shape index (κ2) is 8.13. The van der Waals surface area contributed by atoms with Crippen molar-refractivity contribution in [3.8, 4) is 22.7 Å². The van der Waals surface area contributed by atoms with Crippen LogP contribution in [-0.2, 0) is 4.57 Å². The minimum Gasteiger partial charge on any atom is -0.300 e. The van der Waals surface area contributed by atoms with E-state index in [1.807, 2.05) is 91.0 Å². The van der Waals surface area contributed by atoms with Crippen molar-refractivity contribution in [2.24, 2.45) is 0 Å². The Morgan fingerprint density at radius 1 is 0.500 bits per heavy atom. The Kier molecular flexibility index (Phi) is 5.24. The first kappa shape index (κ1) is 18.1. The lowest BCUT2D eigenvalue weighted by Crippen LogP contribution is -2.14. The van der Waals surface area contributed by atoms with Crippen molar-refractivity contribution >= 4 is 17.8 Å². The van der Waals surface area contributed by atoms with Crippen LogP contribution in [0.15, 0.2) is 115 Å². The third-order valence-corrected chi connectivity index (χ3v) is 7.07. The van der Waals surface area contributed by atoms with Gasteiger partial charge in [0.2, 0.25) is 7.14 Å². The van der Waals surface area contributed by atoms with Gasteiger partial charge < -0.3 is 0 Å². The Morgan fingerprint density at radius 2 is 0.929 bits per heavy atom. The van der Waals surface area contributed by atoms with Gasteiger partial charge in [-0.25, -0.2) is 0 Å². The van der Waals surface area contributed by atoms with E-state index in [1.54, 1.807) is 0 Å². The number of hydrogen-bond donors (Lipinski definition) is 0. The Hall–Kier alpha value is -3.33. The van der Waals surface area contributed by atoms with Crippen LogP contribution >= 0.6 is 7.14 Å². The molecule has 134 valence electrons. The fourth-order valence-electron chi connectivity index (χ4n) is 3.07. The number of rotatable bonds is 3. The molecule has 0 saturated carbocycles. The second-order valence-electron chi connectivity index (χ2n) is 6.46. The summed E-state index contributed by atoms with van der Waals surface area (Å²) in [6.45, 7) is 0. The van der Waals surface area contributed by atoms with E-state index in [9.17, 15) is 4.57 Å². The average Bonchev–Trinajstić information content (AvgIpc) is 2.79. The highest BCUT2D eigenvalue weighted by Gasteiger charge is 2.24. The van der Waals surface area contributed by atoms with Crippen LogP contribution < -0.4 is 10.6 Å². The highest BCUT2D eigenvalue weighted by Crippen LogP contribution is 2.41. The molecule has 0 bridgehead atoms. The first-order valence-electron chi connectivity index (χ1n) is 9.16. The van der Waals surface area contributed by atoms with Crippen LogP contribution in [0.1, 0.15) is 5.56 Å². The summed E-state index contributed by atoms with van der Waals surface area (Å²) < 4.78 is 13.9. The molecule has 2 heteroatoms. The maximum absolute atomic E-state index is 13.9. The quantitative estimate of drug-likeness (QED) is 0.331. The topological polar surface area (TPSA) is 17.1 Å². The van der Waals surface area contributed by atoms with E-state index in [-0.39, 0.29) is 0 Å². The molecule has 0 aliphatic rings. The van der Waals surface area contributed by atoms with Gasteiger partial charge in [-0.3, -0.25) is 4.57 Å². The number of benzene rings is 4. The molecular weight excluding hydrogens is 359 g/mol. The molecule has 0 atom stereocenters. The largest absolute Gasteiger partial charge is 0.300 e. The highest BCUT2D eigenvalue weighted by molar-refractivity contribution is 7.83. The molecule has 0 N–H and O–H groups in total. The summed E-state index contributed by atoms with van der Waals surface area (Å²) in [5.41, 5.74) is 6.27. The summed E-state index contributed by atoms with van der Waals surface area (Å²) in [5, 5.41) is 1.52. The van der Waals surface area contributed by atoms with Gasteiger partial charge in [0.25, 0.3) is 0 Å². The number of hydrogen-bond acceptors (Lipinski definition) is 1. The Bertz CT molecular complexity index is 1110. The van der Waals surface area contributed by atoms with Gasteiger partial charge in [-0.15, -0.1) is 0 Å². The fourth-order valence-corrected chi connectivity index (χ4v) is 5.10. The van der Waals surface area contributed by atoms with Gasteiger partial charge in [-0.2, -0.15) is 0 Å². The zero-order valence-corrected chi connectivity index (χ0v) is 16.2. The summed E-state index contributed by atoms with van der Waals surface area (Å²) >= 11 is 0. The van der Waals surface area contributed by atoms with Crippen LogP contribution in [0.4, 0.5) is 0 Å². The molecule has 0 unspecified atom stereocenters. The smallest absolute Gasteiger partial charge is 0.211 e. The van der Waals surface area contributed by atoms with Gasteiger partial charge in [0, 0.05) is 16.2 Å². The Labute approximate surface area is 166 Å². The molecule has 0 aliphatic carbocycles. The fraction of sp³-hybridized carbons (Fsp3) is 0. The maximum atomic E-state index is 13.9. The monoisotopic (exact) mass is 378 g/mol. The lowest BCUT2D eigenvalue weighted by molar-refractivity contribution is 0.593. The van der Waals surface area contributed by atoms with Crippen LogP contribution in [0, 0.1) is 11.6 Å².